The SMILES string of the molecule is COC(=O)c1ccc(S(=O)(=O)NCCN2CCNCC2)c(OC)c1. The number of benzene rings is 1. The molecule has 9 heteroatoms. The summed E-state index contributed by atoms with van der Waals surface area (Å²) < 4.78 is 37.2. The Balaban J connectivity index is 2.06. The molecular weight excluding hydrogens is 334 g/mol. The van der Waals surface area contributed by atoms with Gasteiger partial charge in [-0.2, -0.15) is 0 Å². The maximum Gasteiger partial charge on any atom is 0.337 e. The van der Waals surface area contributed by atoms with Gasteiger partial charge in [-0.25, -0.2) is 17.9 Å². The van der Waals surface area contributed by atoms with Gasteiger partial charge in [0.1, 0.15) is 10.6 Å². The fourth-order valence-electron chi connectivity index (χ4n) is 2.49. The zero-order valence-corrected chi connectivity index (χ0v) is 14.7. The van der Waals surface area contributed by atoms with Crippen molar-refractivity contribution in [2.75, 3.05) is 53.5 Å². The molecule has 1 aromatic carbocycles. The van der Waals surface area contributed by atoms with Crippen LogP contribution in [0.1, 0.15) is 10.4 Å². The summed E-state index contributed by atoms with van der Waals surface area (Å²) in [5.74, 6) is -0.448. The van der Waals surface area contributed by atoms with E-state index in [2.05, 4.69) is 19.7 Å². The molecular formula is C15H23N3O5S. The average Bonchev–Trinajstić information content (AvgIpc) is 2.61. The Morgan fingerprint density at radius 3 is 2.62 bits per heavy atom. The maximum atomic E-state index is 12.5. The van der Waals surface area contributed by atoms with Crippen molar-refractivity contribution in [3.05, 3.63) is 23.8 Å². The number of carbonyl (C=O) groups excluding carboxylic acids is 1. The second-order valence-electron chi connectivity index (χ2n) is 5.35. The molecule has 2 rings (SSSR count). The van der Waals surface area contributed by atoms with Crippen LogP contribution in [0.4, 0.5) is 0 Å². The molecule has 2 N–H and O–H groups in total. The van der Waals surface area contributed by atoms with Gasteiger partial charge in [-0.05, 0) is 18.2 Å². The molecule has 0 bridgehead atoms. The van der Waals surface area contributed by atoms with Crippen LogP contribution >= 0.6 is 0 Å². The van der Waals surface area contributed by atoms with E-state index < -0.39 is 16.0 Å². The molecule has 8 nitrogen and oxygen atoms in total. The number of nitrogens with zero attached hydrogens (tertiary/aromatic N) is 1. The summed E-state index contributed by atoms with van der Waals surface area (Å²) in [6.45, 7) is 4.58. The maximum absolute atomic E-state index is 12.5. The summed E-state index contributed by atoms with van der Waals surface area (Å²) in [4.78, 5) is 13.7. The van der Waals surface area contributed by atoms with Crippen LogP contribution in [0.25, 0.3) is 0 Å². The minimum Gasteiger partial charge on any atom is -0.495 e. The first-order chi connectivity index (χ1) is 11.5. The van der Waals surface area contributed by atoms with Crippen molar-refractivity contribution in [1.82, 2.24) is 14.9 Å². The first kappa shape index (κ1) is 18.7. The van der Waals surface area contributed by atoms with Crippen LogP contribution in [0.3, 0.4) is 0 Å². The first-order valence-corrected chi connectivity index (χ1v) is 9.15. The minimum atomic E-state index is -3.72. The lowest BCUT2D eigenvalue weighted by molar-refractivity contribution is 0.0600. The standard InChI is InChI=1S/C15H23N3O5S/c1-22-13-11-12(15(19)23-2)3-4-14(13)24(20,21)17-7-10-18-8-5-16-6-9-18/h3-4,11,16-17H,5-10H2,1-2H3. The zero-order valence-electron chi connectivity index (χ0n) is 13.9. The van der Waals surface area contributed by atoms with Crippen molar-refractivity contribution in [1.29, 1.82) is 0 Å². The molecule has 1 heterocycles. The van der Waals surface area contributed by atoms with Crippen LogP contribution in [0, 0.1) is 0 Å². The quantitative estimate of drug-likeness (QED) is 0.645. The predicted molar refractivity (Wildman–Crippen MR) is 88.8 cm³/mol. The van der Waals surface area contributed by atoms with Gasteiger partial charge in [-0.15, -0.1) is 0 Å². The summed E-state index contributed by atoms with van der Waals surface area (Å²) in [7, 11) is -1.10. The molecule has 1 aliphatic rings. The third kappa shape index (κ3) is 4.67. The number of ether oxygens (including phenoxy) is 2. The number of rotatable bonds is 7. The van der Waals surface area contributed by atoms with E-state index in [0.29, 0.717) is 13.1 Å². The summed E-state index contributed by atoms with van der Waals surface area (Å²) in [5.41, 5.74) is 0.231. The van der Waals surface area contributed by atoms with Gasteiger partial charge in [0.05, 0.1) is 19.8 Å². The normalized spacial score (nSPS) is 15.9. The van der Waals surface area contributed by atoms with Crippen molar-refractivity contribution in [2.45, 2.75) is 4.90 Å². The Kier molecular flexibility index (Phi) is 6.55. The summed E-state index contributed by atoms with van der Waals surface area (Å²) in [6, 6.07) is 4.11. The van der Waals surface area contributed by atoms with Crippen molar-refractivity contribution in [3.63, 3.8) is 0 Å². The zero-order chi connectivity index (χ0) is 17.6. The first-order valence-electron chi connectivity index (χ1n) is 7.67. The average molecular weight is 357 g/mol. The van der Waals surface area contributed by atoms with Crippen LogP contribution < -0.4 is 14.8 Å². The second kappa shape index (κ2) is 8.43. The minimum absolute atomic E-state index is 0.00189. The summed E-state index contributed by atoms with van der Waals surface area (Å²) in [6.07, 6.45) is 0. The topological polar surface area (TPSA) is 97.0 Å². The molecule has 1 aromatic rings. The predicted octanol–water partition coefficient (Wildman–Crippen LogP) is -0.335. The van der Waals surface area contributed by atoms with Crippen LogP contribution in [0.2, 0.25) is 0 Å². The molecule has 0 amide bonds. The largest absolute Gasteiger partial charge is 0.495 e. The number of hydrogen-bond acceptors (Lipinski definition) is 7. The Morgan fingerprint density at radius 2 is 2.00 bits per heavy atom. The van der Waals surface area contributed by atoms with Gasteiger partial charge in [-0.3, -0.25) is 4.90 Å². The molecule has 0 spiro atoms. The van der Waals surface area contributed by atoms with E-state index in [1.807, 2.05) is 0 Å². The van der Waals surface area contributed by atoms with Gasteiger partial charge in [0, 0.05) is 39.3 Å². The molecule has 0 radical (unpaired) electrons. The Morgan fingerprint density at radius 1 is 1.29 bits per heavy atom. The Hall–Kier alpha value is -1.68. The van der Waals surface area contributed by atoms with Gasteiger partial charge in [0.15, 0.2) is 0 Å². The van der Waals surface area contributed by atoms with Gasteiger partial charge in [0.2, 0.25) is 10.0 Å². The van der Waals surface area contributed by atoms with Crippen molar-refractivity contribution < 1.29 is 22.7 Å². The molecule has 1 aliphatic heterocycles. The van der Waals surface area contributed by atoms with Gasteiger partial charge >= 0.3 is 5.97 Å². The highest BCUT2D eigenvalue weighted by Crippen LogP contribution is 2.25. The third-order valence-electron chi connectivity index (χ3n) is 3.80. The lowest BCUT2D eigenvalue weighted by Gasteiger charge is -2.27. The van der Waals surface area contributed by atoms with E-state index in [0.717, 1.165) is 26.2 Å². The molecule has 0 aromatic heterocycles. The van der Waals surface area contributed by atoms with Gasteiger partial charge in [-0.1, -0.05) is 0 Å². The molecule has 0 saturated carbocycles. The van der Waals surface area contributed by atoms with Crippen molar-refractivity contribution in [2.24, 2.45) is 0 Å². The highest BCUT2D eigenvalue weighted by molar-refractivity contribution is 7.89. The number of esters is 1. The Labute approximate surface area is 142 Å². The monoisotopic (exact) mass is 357 g/mol. The summed E-state index contributed by atoms with van der Waals surface area (Å²) >= 11 is 0. The van der Waals surface area contributed by atoms with Crippen LogP contribution in [0.5, 0.6) is 5.75 Å². The lowest BCUT2D eigenvalue weighted by Crippen LogP contribution is -2.46. The van der Waals surface area contributed by atoms with E-state index in [4.69, 9.17) is 4.74 Å². The van der Waals surface area contributed by atoms with Crippen molar-refractivity contribution in [3.8, 4) is 5.75 Å². The molecule has 24 heavy (non-hydrogen) atoms. The highest BCUT2D eigenvalue weighted by atomic mass is 32.2. The van der Waals surface area contributed by atoms with E-state index in [9.17, 15) is 13.2 Å². The number of methoxy groups -OCH3 is 2. The fourth-order valence-corrected chi connectivity index (χ4v) is 3.65. The molecule has 0 aliphatic carbocycles. The molecule has 0 unspecified atom stereocenters. The molecule has 134 valence electrons. The van der Waals surface area contributed by atoms with Crippen LogP contribution in [-0.2, 0) is 14.8 Å². The Bertz CT molecular complexity index is 672. The number of piperazine rings is 1. The molecule has 0 atom stereocenters. The number of sulfonamides is 1. The van der Waals surface area contributed by atoms with E-state index in [1.165, 1.54) is 32.4 Å². The van der Waals surface area contributed by atoms with Gasteiger partial charge < -0.3 is 14.8 Å². The van der Waals surface area contributed by atoms with E-state index in [1.54, 1.807) is 0 Å². The fraction of sp³-hybridized carbons (Fsp3) is 0.533. The van der Waals surface area contributed by atoms with E-state index in [-0.39, 0.29) is 16.2 Å². The highest BCUT2D eigenvalue weighted by Gasteiger charge is 2.21. The van der Waals surface area contributed by atoms with E-state index >= 15 is 0 Å². The van der Waals surface area contributed by atoms with Crippen molar-refractivity contribution >= 4 is 16.0 Å². The van der Waals surface area contributed by atoms with Crippen LogP contribution in [0.15, 0.2) is 23.1 Å². The smallest absolute Gasteiger partial charge is 0.337 e. The third-order valence-corrected chi connectivity index (χ3v) is 5.30. The van der Waals surface area contributed by atoms with Crippen LogP contribution in [-0.4, -0.2) is 72.8 Å². The lowest BCUT2D eigenvalue weighted by atomic mass is 10.2. The second-order valence-corrected chi connectivity index (χ2v) is 7.08. The van der Waals surface area contributed by atoms with Gasteiger partial charge in [0.25, 0.3) is 0 Å². The number of nitrogens with one attached hydrogen (secondary N) is 2. The number of carbonyl (C=O) groups is 1. The summed E-state index contributed by atoms with van der Waals surface area (Å²) in [5, 5.41) is 3.25. The molecule has 1 saturated heterocycles. The number of hydrogen-bond donors (Lipinski definition) is 2. The molecule has 1 fully saturated rings.